The Labute approximate surface area is 158 Å². The summed E-state index contributed by atoms with van der Waals surface area (Å²) in [6, 6.07) is 17.2. The van der Waals surface area contributed by atoms with Crippen molar-refractivity contribution in [2.24, 2.45) is 0 Å². The van der Waals surface area contributed by atoms with E-state index in [-0.39, 0.29) is 17.4 Å². The molecule has 0 aliphatic heterocycles. The number of nitrogens with one attached hydrogen (secondary N) is 1. The lowest BCUT2D eigenvalue weighted by atomic mass is 10.2. The molecule has 1 amide bonds. The van der Waals surface area contributed by atoms with E-state index in [0.717, 1.165) is 22.9 Å². The normalized spacial score (nSPS) is 10.7. The highest BCUT2D eigenvalue weighted by atomic mass is 32.1. The van der Waals surface area contributed by atoms with Crippen LogP contribution in [0.15, 0.2) is 60.7 Å². The number of aromatic nitrogens is 4. The van der Waals surface area contributed by atoms with Gasteiger partial charge < -0.3 is 0 Å². The smallest absolute Gasteiger partial charge is 0.278 e. The highest BCUT2D eigenvalue weighted by Crippen LogP contribution is 2.22. The van der Waals surface area contributed by atoms with Gasteiger partial charge >= 0.3 is 0 Å². The molecule has 0 atom stereocenters. The van der Waals surface area contributed by atoms with Gasteiger partial charge in [0.15, 0.2) is 11.5 Å². The van der Waals surface area contributed by atoms with Crippen molar-refractivity contribution in [3.8, 4) is 17.1 Å². The Kier molecular flexibility index (Phi) is 4.47. The minimum atomic E-state index is -0.366. The summed E-state index contributed by atoms with van der Waals surface area (Å²) in [6.45, 7) is 1.88. The van der Waals surface area contributed by atoms with E-state index < -0.39 is 0 Å². The molecule has 2 heterocycles. The Morgan fingerprint density at radius 2 is 1.85 bits per heavy atom. The van der Waals surface area contributed by atoms with E-state index in [1.807, 2.05) is 37.3 Å². The van der Waals surface area contributed by atoms with E-state index in [1.165, 1.54) is 12.1 Å². The summed E-state index contributed by atoms with van der Waals surface area (Å²) in [5.41, 5.74) is 2.69. The third kappa shape index (κ3) is 3.61. The summed E-state index contributed by atoms with van der Waals surface area (Å²) in [6.07, 6.45) is 0. The average molecular weight is 379 g/mol. The van der Waals surface area contributed by atoms with Crippen LogP contribution in [-0.2, 0) is 0 Å². The second-order valence-electron chi connectivity index (χ2n) is 5.80. The van der Waals surface area contributed by atoms with Crippen LogP contribution in [0.25, 0.3) is 17.1 Å². The highest BCUT2D eigenvalue weighted by molar-refractivity contribution is 7.10. The van der Waals surface area contributed by atoms with Crippen LogP contribution in [-0.4, -0.2) is 25.0 Å². The minimum Gasteiger partial charge on any atom is -0.295 e. The van der Waals surface area contributed by atoms with Gasteiger partial charge in [0.2, 0.25) is 5.13 Å². The van der Waals surface area contributed by atoms with Gasteiger partial charge in [0.05, 0.1) is 5.69 Å². The van der Waals surface area contributed by atoms with Crippen molar-refractivity contribution in [1.82, 2.24) is 19.1 Å². The fourth-order valence-electron chi connectivity index (χ4n) is 2.57. The molecule has 134 valence electrons. The second kappa shape index (κ2) is 7.08. The highest BCUT2D eigenvalue weighted by Gasteiger charge is 2.16. The molecule has 8 heteroatoms. The third-order valence-electron chi connectivity index (χ3n) is 3.87. The number of hydrogen-bond acceptors (Lipinski definition) is 5. The van der Waals surface area contributed by atoms with Gasteiger partial charge in [-0.05, 0) is 49.4 Å². The van der Waals surface area contributed by atoms with Crippen molar-refractivity contribution in [1.29, 1.82) is 0 Å². The topological polar surface area (TPSA) is 72.7 Å². The maximum Gasteiger partial charge on any atom is 0.278 e. The van der Waals surface area contributed by atoms with Gasteiger partial charge in [-0.15, -0.1) is 0 Å². The van der Waals surface area contributed by atoms with E-state index >= 15 is 0 Å². The molecule has 0 bridgehead atoms. The maximum absolute atomic E-state index is 13.0. The number of para-hydroxylation sites is 1. The van der Waals surface area contributed by atoms with Crippen LogP contribution in [0.3, 0.4) is 0 Å². The van der Waals surface area contributed by atoms with Crippen molar-refractivity contribution < 1.29 is 9.18 Å². The Morgan fingerprint density at radius 3 is 2.59 bits per heavy atom. The molecule has 0 radical (unpaired) electrons. The molecule has 0 unspecified atom stereocenters. The number of nitrogens with zero attached hydrogens (tertiary/aromatic N) is 4. The summed E-state index contributed by atoms with van der Waals surface area (Å²) in [7, 11) is 0. The van der Waals surface area contributed by atoms with E-state index in [9.17, 15) is 9.18 Å². The SMILES string of the molecule is Cc1cc(C(=O)Nc2nc(-c3ccc(F)cc3)ns2)nn1-c1ccccc1. The van der Waals surface area contributed by atoms with Gasteiger partial charge in [-0.1, -0.05) is 18.2 Å². The number of hydrogen-bond donors (Lipinski definition) is 1. The second-order valence-corrected chi connectivity index (χ2v) is 6.55. The molecule has 0 spiro atoms. The van der Waals surface area contributed by atoms with Gasteiger partial charge in [-0.3, -0.25) is 10.1 Å². The number of benzene rings is 2. The van der Waals surface area contributed by atoms with E-state index in [2.05, 4.69) is 19.8 Å². The lowest BCUT2D eigenvalue weighted by molar-refractivity contribution is 0.102. The number of rotatable bonds is 4. The monoisotopic (exact) mass is 379 g/mol. The first-order chi connectivity index (χ1) is 13.1. The number of anilines is 1. The molecule has 0 fully saturated rings. The number of carbonyl (C=O) groups is 1. The summed E-state index contributed by atoms with van der Waals surface area (Å²) >= 11 is 1.06. The van der Waals surface area contributed by atoms with Gasteiger partial charge in [0, 0.05) is 22.8 Å². The number of halogens is 1. The predicted octanol–water partition coefficient (Wildman–Crippen LogP) is 4.09. The quantitative estimate of drug-likeness (QED) is 0.580. The molecule has 0 aliphatic rings. The van der Waals surface area contributed by atoms with E-state index in [4.69, 9.17) is 0 Å². The average Bonchev–Trinajstić information content (AvgIpc) is 3.30. The van der Waals surface area contributed by atoms with Gasteiger partial charge in [-0.2, -0.15) is 14.5 Å². The molecule has 2 aromatic carbocycles. The van der Waals surface area contributed by atoms with Crippen LogP contribution in [0.4, 0.5) is 9.52 Å². The zero-order valence-corrected chi connectivity index (χ0v) is 15.1. The van der Waals surface area contributed by atoms with Gasteiger partial charge in [0.25, 0.3) is 5.91 Å². The summed E-state index contributed by atoms with van der Waals surface area (Å²) in [5.74, 6) is -0.261. The number of aryl methyl sites for hydroxylation is 1. The minimum absolute atomic E-state index is 0.287. The van der Waals surface area contributed by atoms with Crippen molar-refractivity contribution in [3.63, 3.8) is 0 Å². The maximum atomic E-state index is 13.0. The van der Waals surface area contributed by atoms with Gasteiger partial charge in [0.1, 0.15) is 5.82 Å². The Balaban J connectivity index is 1.52. The molecule has 4 aromatic rings. The molecule has 6 nitrogen and oxygen atoms in total. The zero-order chi connectivity index (χ0) is 18.8. The van der Waals surface area contributed by atoms with Crippen LogP contribution in [0.1, 0.15) is 16.2 Å². The molecule has 1 N–H and O–H groups in total. The fraction of sp³-hybridized carbons (Fsp3) is 0.0526. The molecule has 0 saturated heterocycles. The predicted molar refractivity (Wildman–Crippen MR) is 102 cm³/mol. The van der Waals surface area contributed by atoms with E-state index in [1.54, 1.807) is 22.9 Å². The van der Waals surface area contributed by atoms with Crippen molar-refractivity contribution in [3.05, 3.63) is 77.9 Å². The molecule has 4 rings (SSSR count). The van der Waals surface area contributed by atoms with Crippen molar-refractivity contribution >= 4 is 22.6 Å². The van der Waals surface area contributed by atoms with E-state index in [0.29, 0.717) is 16.5 Å². The van der Waals surface area contributed by atoms with Gasteiger partial charge in [-0.25, -0.2) is 9.07 Å². The first-order valence-corrected chi connectivity index (χ1v) is 8.90. The molecular formula is C19H14FN5OS. The fourth-order valence-corrected chi connectivity index (χ4v) is 3.15. The van der Waals surface area contributed by atoms with Crippen LogP contribution in [0.2, 0.25) is 0 Å². The number of amides is 1. The first-order valence-electron chi connectivity index (χ1n) is 8.13. The molecular weight excluding hydrogens is 365 g/mol. The first kappa shape index (κ1) is 17.0. The largest absolute Gasteiger partial charge is 0.295 e. The lowest BCUT2D eigenvalue weighted by Gasteiger charge is -2.02. The van der Waals surface area contributed by atoms with Crippen LogP contribution in [0.5, 0.6) is 0 Å². The Bertz CT molecular complexity index is 1090. The summed E-state index contributed by atoms with van der Waals surface area (Å²) < 4.78 is 18.9. The van der Waals surface area contributed by atoms with Crippen molar-refractivity contribution in [2.45, 2.75) is 6.92 Å². The third-order valence-corrected chi connectivity index (χ3v) is 4.50. The van der Waals surface area contributed by atoms with Crippen molar-refractivity contribution in [2.75, 3.05) is 5.32 Å². The molecule has 0 aliphatic carbocycles. The number of carbonyl (C=O) groups excluding carboxylic acids is 1. The zero-order valence-electron chi connectivity index (χ0n) is 14.3. The summed E-state index contributed by atoms with van der Waals surface area (Å²) in [4.78, 5) is 16.8. The standard InChI is InChI=1S/C19H14FN5OS/c1-12-11-16(23-25(12)15-5-3-2-4-6-15)18(26)22-19-21-17(24-27-19)13-7-9-14(20)10-8-13/h2-11H,1H3,(H,21,22,24,26). The van der Waals surface area contributed by atoms with Crippen LogP contribution >= 0.6 is 11.5 Å². The lowest BCUT2D eigenvalue weighted by Crippen LogP contribution is -2.13. The van der Waals surface area contributed by atoms with Crippen LogP contribution < -0.4 is 5.32 Å². The summed E-state index contributed by atoms with van der Waals surface area (Å²) in [5, 5.41) is 7.43. The molecule has 27 heavy (non-hydrogen) atoms. The van der Waals surface area contributed by atoms with Crippen LogP contribution in [0, 0.1) is 12.7 Å². The molecule has 0 saturated carbocycles. The Hall–Kier alpha value is -3.39. The molecule has 2 aromatic heterocycles. The Morgan fingerprint density at radius 1 is 1.11 bits per heavy atom.